The van der Waals surface area contributed by atoms with Crippen LogP contribution in [0.1, 0.15) is 6.42 Å². The van der Waals surface area contributed by atoms with Crippen molar-refractivity contribution in [3.63, 3.8) is 0 Å². The van der Waals surface area contributed by atoms with Crippen LogP contribution in [-0.2, 0) is 0 Å². The third-order valence-corrected chi connectivity index (χ3v) is 1.84. The van der Waals surface area contributed by atoms with Crippen LogP contribution in [-0.4, -0.2) is 29.2 Å². The van der Waals surface area contributed by atoms with E-state index in [0.29, 0.717) is 5.88 Å². The fraction of sp³-hybridized carbons (Fsp3) is 0.500. The summed E-state index contributed by atoms with van der Waals surface area (Å²) in [6.45, 7) is 1.95. The highest BCUT2D eigenvalue weighted by atomic mass is 35.5. The summed E-state index contributed by atoms with van der Waals surface area (Å²) in [7, 11) is 0. The molecule has 0 spiro atoms. The average molecular weight is 202 g/mol. The summed E-state index contributed by atoms with van der Waals surface area (Å²) >= 11 is 0. The van der Waals surface area contributed by atoms with Crippen LogP contribution in [0.15, 0.2) is 18.6 Å². The summed E-state index contributed by atoms with van der Waals surface area (Å²) in [6, 6.07) is 0. The molecule has 1 aliphatic heterocycles. The van der Waals surface area contributed by atoms with Crippen molar-refractivity contribution in [2.75, 3.05) is 13.1 Å². The third kappa shape index (κ3) is 2.82. The Bertz CT molecular complexity index is 238. The Morgan fingerprint density at radius 2 is 2.38 bits per heavy atom. The standard InChI is InChI=1S/C8H11N3O.ClH/c1-2-9-5-7(1)12-8-6-10-3-4-11-8;/h3-4,6-7,9H,1-2,5H2;1H. The zero-order valence-electron chi connectivity index (χ0n) is 7.14. The Hall–Kier alpha value is -0.870. The number of rotatable bonds is 2. The lowest BCUT2D eigenvalue weighted by atomic mass is 10.3. The van der Waals surface area contributed by atoms with Gasteiger partial charge >= 0.3 is 0 Å². The molecule has 0 aromatic carbocycles. The number of nitrogens with one attached hydrogen (secondary N) is 1. The molecular formula is C8H12ClN3O. The molecular weight excluding hydrogens is 190 g/mol. The van der Waals surface area contributed by atoms with E-state index in [2.05, 4.69) is 15.3 Å². The van der Waals surface area contributed by atoms with Gasteiger partial charge in [0.05, 0.1) is 6.20 Å². The van der Waals surface area contributed by atoms with Crippen molar-refractivity contribution in [1.82, 2.24) is 15.3 Å². The van der Waals surface area contributed by atoms with Crippen molar-refractivity contribution in [2.24, 2.45) is 0 Å². The fourth-order valence-electron chi connectivity index (χ4n) is 1.25. The number of nitrogens with zero attached hydrogens (tertiary/aromatic N) is 2. The van der Waals surface area contributed by atoms with Gasteiger partial charge in [0.2, 0.25) is 5.88 Å². The van der Waals surface area contributed by atoms with Gasteiger partial charge in [-0.25, -0.2) is 4.98 Å². The van der Waals surface area contributed by atoms with Crippen LogP contribution in [0, 0.1) is 0 Å². The molecule has 0 aliphatic carbocycles. The zero-order valence-corrected chi connectivity index (χ0v) is 7.96. The average Bonchev–Trinajstić information content (AvgIpc) is 2.59. The number of hydrogen-bond donors (Lipinski definition) is 1. The Kier molecular flexibility index (Phi) is 3.92. The van der Waals surface area contributed by atoms with E-state index >= 15 is 0 Å². The first-order valence-electron chi connectivity index (χ1n) is 4.08. The molecule has 1 aromatic rings. The van der Waals surface area contributed by atoms with Gasteiger partial charge in [0, 0.05) is 18.9 Å². The Balaban J connectivity index is 0.000000845. The SMILES string of the molecule is Cl.c1cnc(OC2CCNC2)cn1. The molecule has 1 N–H and O–H groups in total. The monoisotopic (exact) mass is 201 g/mol. The Labute approximate surface area is 83.1 Å². The number of aromatic nitrogens is 2. The summed E-state index contributed by atoms with van der Waals surface area (Å²) < 4.78 is 5.54. The highest BCUT2D eigenvalue weighted by Gasteiger charge is 2.15. The number of ether oxygens (including phenoxy) is 1. The lowest BCUT2D eigenvalue weighted by Crippen LogP contribution is -2.20. The van der Waals surface area contributed by atoms with Gasteiger partial charge in [0.15, 0.2) is 0 Å². The molecule has 1 aliphatic rings. The number of hydrogen-bond acceptors (Lipinski definition) is 4. The zero-order chi connectivity index (χ0) is 8.23. The van der Waals surface area contributed by atoms with E-state index in [9.17, 15) is 0 Å². The lowest BCUT2D eigenvalue weighted by Gasteiger charge is -2.09. The van der Waals surface area contributed by atoms with E-state index in [4.69, 9.17) is 4.74 Å². The maximum Gasteiger partial charge on any atom is 0.232 e. The molecule has 0 bridgehead atoms. The van der Waals surface area contributed by atoms with Gasteiger partial charge in [-0.3, -0.25) is 4.98 Å². The van der Waals surface area contributed by atoms with E-state index in [0.717, 1.165) is 19.5 Å². The summed E-state index contributed by atoms with van der Waals surface area (Å²) in [4.78, 5) is 7.95. The van der Waals surface area contributed by atoms with Gasteiger partial charge in [-0.15, -0.1) is 12.4 Å². The van der Waals surface area contributed by atoms with Crippen LogP contribution in [0.5, 0.6) is 5.88 Å². The van der Waals surface area contributed by atoms with Crippen molar-refractivity contribution in [3.8, 4) is 5.88 Å². The Morgan fingerprint density at radius 1 is 1.46 bits per heavy atom. The van der Waals surface area contributed by atoms with E-state index in [1.165, 1.54) is 0 Å². The van der Waals surface area contributed by atoms with Gasteiger partial charge in [0.25, 0.3) is 0 Å². The van der Waals surface area contributed by atoms with E-state index in [-0.39, 0.29) is 18.5 Å². The van der Waals surface area contributed by atoms with Gasteiger partial charge in [0.1, 0.15) is 6.10 Å². The van der Waals surface area contributed by atoms with E-state index in [1.54, 1.807) is 18.6 Å². The maximum absolute atomic E-state index is 5.54. The molecule has 1 unspecified atom stereocenters. The molecule has 0 radical (unpaired) electrons. The largest absolute Gasteiger partial charge is 0.472 e. The molecule has 1 aromatic heterocycles. The summed E-state index contributed by atoms with van der Waals surface area (Å²) in [6.07, 6.45) is 6.23. The van der Waals surface area contributed by atoms with Crippen molar-refractivity contribution < 1.29 is 4.74 Å². The van der Waals surface area contributed by atoms with Gasteiger partial charge in [-0.05, 0) is 13.0 Å². The van der Waals surface area contributed by atoms with Crippen molar-refractivity contribution in [3.05, 3.63) is 18.6 Å². The summed E-state index contributed by atoms with van der Waals surface area (Å²) in [5.41, 5.74) is 0. The van der Waals surface area contributed by atoms with Crippen LogP contribution in [0.3, 0.4) is 0 Å². The van der Waals surface area contributed by atoms with Crippen LogP contribution >= 0.6 is 12.4 Å². The second kappa shape index (κ2) is 4.99. The third-order valence-electron chi connectivity index (χ3n) is 1.84. The topological polar surface area (TPSA) is 47.0 Å². The summed E-state index contributed by atoms with van der Waals surface area (Å²) in [5, 5.41) is 3.22. The second-order valence-corrected chi connectivity index (χ2v) is 2.78. The predicted octanol–water partition coefficient (Wildman–Crippen LogP) is 0.639. The molecule has 0 amide bonds. The second-order valence-electron chi connectivity index (χ2n) is 2.78. The molecule has 2 rings (SSSR count). The predicted molar refractivity (Wildman–Crippen MR) is 51.2 cm³/mol. The molecule has 13 heavy (non-hydrogen) atoms. The molecule has 72 valence electrons. The number of halogens is 1. The van der Waals surface area contributed by atoms with Crippen molar-refractivity contribution in [1.29, 1.82) is 0 Å². The van der Waals surface area contributed by atoms with Crippen LogP contribution in [0.2, 0.25) is 0 Å². The molecule has 1 saturated heterocycles. The molecule has 4 nitrogen and oxygen atoms in total. The minimum atomic E-state index is 0. The molecule has 1 atom stereocenters. The minimum Gasteiger partial charge on any atom is -0.472 e. The lowest BCUT2D eigenvalue weighted by molar-refractivity contribution is 0.213. The normalized spacial score (nSPS) is 20.8. The van der Waals surface area contributed by atoms with Crippen LogP contribution in [0.25, 0.3) is 0 Å². The minimum absolute atomic E-state index is 0. The van der Waals surface area contributed by atoms with Gasteiger partial charge in [-0.1, -0.05) is 0 Å². The fourth-order valence-corrected chi connectivity index (χ4v) is 1.25. The molecule has 5 heteroatoms. The maximum atomic E-state index is 5.54. The van der Waals surface area contributed by atoms with E-state index in [1.807, 2.05) is 0 Å². The first-order valence-corrected chi connectivity index (χ1v) is 4.08. The first kappa shape index (κ1) is 10.2. The van der Waals surface area contributed by atoms with E-state index < -0.39 is 0 Å². The molecule has 0 saturated carbocycles. The Morgan fingerprint density at radius 3 is 3.00 bits per heavy atom. The van der Waals surface area contributed by atoms with Gasteiger partial charge in [-0.2, -0.15) is 0 Å². The molecule has 1 fully saturated rings. The van der Waals surface area contributed by atoms with Gasteiger partial charge < -0.3 is 10.1 Å². The van der Waals surface area contributed by atoms with Crippen molar-refractivity contribution >= 4 is 12.4 Å². The van der Waals surface area contributed by atoms with Crippen molar-refractivity contribution in [2.45, 2.75) is 12.5 Å². The highest BCUT2D eigenvalue weighted by molar-refractivity contribution is 5.85. The highest BCUT2D eigenvalue weighted by Crippen LogP contribution is 2.08. The first-order chi connectivity index (χ1) is 5.95. The summed E-state index contributed by atoms with van der Waals surface area (Å²) in [5.74, 6) is 0.617. The smallest absolute Gasteiger partial charge is 0.232 e. The van der Waals surface area contributed by atoms with Crippen LogP contribution in [0.4, 0.5) is 0 Å². The van der Waals surface area contributed by atoms with Crippen LogP contribution < -0.4 is 10.1 Å². The quantitative estimate of drug-likeness (QED) is 0.763. The molecule has 2 heterocycles.